The van der Waals surface area contributed by atoms with Gasteiger partial charge in [-0.2, -0.15) is 0 Å². The number of fused-ring (bicyclic) bond motifs is 2. The molecule has 0 aliphatic rings. The zero-order valence-corrected chi connectivity index (χ0v) is 16.2. The third-order valence-corrected chi connectivity index (χ3v) is 4.74. The zero-order valence-electron chi connectivity index (χ0n) is 20.2. The van der Waals surface area contributed by atoms with Gasteiger partial charge in [-0.3, -0.25) is 9.36 Å². The van der Waals surface area contributed by atoms with Gasteiger partial charge in [0.1, 0.15) is 30.2 Å². The fraction of sp³-hybridized carbons (Fsp3) is 0.136. The van der Waals surface area contributed by atoms with Crippen LogP contribution in [0.25, 0.3) is 27.8 Å². The monoisotopic (exact) mass is 419 g/mol. The summed E-state index contributed by atoms with van der Waals surface area (Å²) in [4.78, 5) is 32.8. The molecule has 154 valence electrons. The van der Waals surface area contributed by atoms with Gasteiger partial charge in [-0.15, -0.1) is 0 Å². The molecule has 9 heteroatoms. The lowest BCUT2D eigenvalue weighted by Crippen LogP contribution is -2.28. The number of nitrogens with one attached hydrogen (secondary N) is 2. The number of anilines is 1. The first-order valence-electron chi connectivity index (χ1n) is 11.3. The van der Waals surface area contributed by atoms with Gasteiger partial charge in [0.2, 0.25) is 0 Å². The lowest BCUT2D eigenvalue weighted by molar-refractivity contribution is 0.630. The van der Waals surface area contributed by atoms with Crippen molar-refractivity contribution in [1.82, 2.24) is 29.5 Å². The van der Waals surface area contributed by atoms with Crippen molar-refractivity contribution >= 4 is 27.9 Å². The topological polar surface area (TPSA) is 101 Å². The summed E-state index contributed by atoms with van der Waals surface area (Å²) in [7, 11) is 0. The summed E-state index contributed by atoms with van der Waals surface area (Å²) in [5.74, 6) is -1.15. The van der Waals surface area contributed by atoms with E-state index in [-0.39, 0.29) is 45.7 Å². The number of nitrogens with zero attached hydrogens (tertiary/aromatic N) is 5. The molecule has 2 aromatic carbocycles. The Labute approximate surface area is 181 Å². The van der Waals surface area contributed by atoms with E-state index in [1.54, 1.807) is 30.3 Å². The van der Waals surface area contributed by atoms with Crippen LogP contribution in [0.2, 0.25) is 0 Å². The second kappa shape index (κ2) is 7.60. The van der Waals surface area contributed by atoms with Gasteiger partial charge in [0, 0.05) is 2.74 Å². The molecular formula is C22H18FN7O. The minimum Gasteiger partial charge on any atom is -0.358 e. The molecule has 0 radical (unpaired) electrons. The molecule has 0 saturated heterocycles. The predicted octanol–water partition coefficient (Wildman–Crippen LogP) is 3.75. The van der Waals surface area contributed by atoms with E-state index in [1.807, 2.05) is 0 Å². The van der Waals surface area contributed by atoms with Gasteiger partial charge in [-0.05, 0) is 30.6 Å². The van der Waals surface area contributed by atoms with Gasteiger partial charge < -0.3 is 10.3 Å². The molecule has 5 rings (SSSR count). The van der Waals surface area contributed by atoms with E-state index in [0.717, 1.165) is 17.6 Å². The third-order valence-electron chi connectivity index (χ3n) is 4.74. The molecule has 0 aliphatic carbocycles. The maximum Gasteiger partial charge on any atom is 0.269 e. The van der Waals surface area contributed by atoms with Crippen molar-refractivity contribution in [3.05, 3.63) is 83.2 Å². The van der Waals surface area contributed by atoms with Gasteiger partial charge in [0.15, 0.2) is 11.5 Å². The number of H-pyrrole nitrogens is 1. The van der Waals surface area contributed by atoms with Crippen molar-refractivity contribution in [2.75, 3.05) is 5.32 Å². The Bertz CT molecular complexity index is 1630. The number of halogens is 1. The summed E-state index contributed by atoms with van der Waals surface area (Å²) in [5, 5.41) is 2.46. The van der Waals surface area contributed by atoms with Crippen molar-refractivity contribution in [3.63, 3.8) is 0 Å². The second-order valence-electron chi connectivity index (χ2n) is 6.56. The van der Waals surface area contributed by atoms with Crippen LogP contribution in [0.3, 0.4) is 0 Å². The molecule has 0 bridgehead atoms. The molecule has 0 amide bonds. The van der Waals surface area contributed by atoms with Crippen LogP contribution in [0.15, 0.2) is 66.0 Å². The van der Waals surface area contributed by atoms with Crippen LogP contribution in [-0.4, -0.2) is 29.5 Å². The van der Waals surface area contributed by atoms with Crippen LogP contribution in [0, 0.1) is 5.82 Å². The van der Waals surface area contributed by atoms with Crippen molar-refractivity contribution in [3.8, 4) is 5.69 Å². The molecule has 0 unspecified atom stereocenters. The minimum absolute atomic E-state index is 0.0269. The third kappa shape index (κ3) is 3.20. The number of para-hydroxylation sites is 1. The molecule has 0 spiro atoms. The molecule has 1 atom stereocenters. The Hall–Kier alpha value is -4.14. The molecule has 3 heterocycles. The Morgan fingerprint density at radius 3 is 2.87 bits per heavy atom. The van der Waals surface area contributed by atoms with Crippen LogP contribution in [-0.2, 0) is 0 Å². The number of rotatable bonds is 5. The summed E-state index contributed by atoms with van der Waals surface area (Å²) in [6.45, 7) is 1.16. The van der Waals surface area contributed by atoms with E-state index >= 15 is 0 Å². The number of hydrogen-bond acceptors (Lipinski definition) is 6. The summed E-state index contributed by atoms with van der Waals surface area (Å²) in [5.41, 5.74) is -0.230. The predicted molar refractivity (Wildman–Crippen MR) is 116 cm³/mol. The molecule has 31 heavy (non-hydrogen) atoms. The van der Waals surface area contributed by atoms with Gasteiger partial charge in [0.25, 0.3) is 5.56 Å². The highest BCUT2D eigenvalue weighted by atomic mass is 19.1. The first-order chi connectivity index (χ1) is 16.6. The lowest BCUT2D eigenvalue weighted by Gasteiger charge is -2.22. The Kier molecular flexibility index (Phi) is 3.62. The highest BCUT2D eigenvalue weighted by Gasteiger charge is 2.22. The molecule has 3 aromatic heterocycles. The summed E-state index contributed by atoms with van der Waals surface area (Å²) in [6, 6.07) is 9.71. The fourth-order valence-corrected chi connectivity index (χ4v) is 3.33. The van der Waals surface area contributed by atoms with Gasteiger partial charge in [-0.25, -0.2) is 24.3 Å². The summed E-state index contributed by atoms with van der Waals surface area (Å²) < 4.78 is 49.8. The quantitative estimate of drug-likeness (QED) is 0.450. The SMILES string of the molecule is [2H]c1nc2c(N[C@]([2H])(c3nc4cccc(F)c4c(=O)n3-c3ccccc3)C([2H])([2H])C)ncnc2[nH]1. The number of aromatic amines is 1. The standard InChI is InChI=1S/C22H18FN7O/c1-2-15(28-20-18-19(25-11-24-18)26-12-27-20)21-29-16-10-6-9-14(23)17(16)22(31)30(21)13-7-4-3-5-8-13/h3-12,15H,2H2,1H3,(H2,24,25,26,27,28)/t15-/m0/s1/i2D2,11D,15D. The maximum absolute atomic E-state index is 14.7. The first kappa shape index (κ1) is 14.8. The van der Waals surface area contributed by atoms with Crippen LogP contribution in [0.1, 0.15) is 30.6 Å². The van der Waals surface area contributed by atoms with E-state index in [0.29, 0.717) is 0 Å². The van der Waals surface area contributed by atoms with Crippen LogP contribution < -0.4 is 10.9 Å². The normalized spacial score (nSPS) is 15.7. The average Bonchev–Trinajstić information content (AvgIpc) is 3.20. The Balaban J connectivity index is 1.85. The van der Waals surface area contributed by atoms with Gasteiger partial charge in [0.05, 0.1) is 24.9 Å². The molecule has 0 saturated carbocycles. The highest BCUT2D eigenvalue weighted by molar-refractivity contribution is 5.82. The molecule has 0 fully saturated rings. The van der Waals surface area contributed by atoms with E-state index in [9.17, 15) is 10.6 Å². The van der Waals surface area contributed by atoms with Crippen molar-refractivity contribution < 1.29 is 9.87 Å². The van der Waals surface area contributed by atoms with Gasteiger partial charge in [-0.1, -0.05) is 31.2 Å². The number of imidazole rings is 1. The van der Waals surface area contributed by atoms with Crippen molar-refractivity contribution in [2.45, 2.75) is 19.3 Å². The molecule has 2 N–H and O–H groups in total. The Morgan fingerprint density at radius 2 is 2.06 bits per heavy atom. The van der Waals surface area contributed by atoms with Crippen LogP contribution in [0.5, 0.6) is 0 Å². The number of hydrogen-bond donors (Lipinski definition) is 2. The lowest BCUT2D eigenvalue weighted by atomic mass is 10.1. The van der Waals surface area contributed by atoms with E-state index < -0.39 is 23.8 Å². The molecule has 8 nitrogen and oxygen atoms in total. The zero-order chi connectivity index (χ0) is 25.0. The van der Waals surface area contributed by atoms with Crippen molar-refractivity contribution in [2.24, 2.45) is 0 Å². The minimum atomic E-state index is -2.43. The van der Waals surface area contributed by atoms with Gasteiger partial charge >= 0.3 is 0 Å². The van der Waals surface area contributed by atoms with E-state index in [1.165, 1.54) is 18.5 Å². The second-order valence-corrected chi connectivity index (χ2v) is 6.56. The summed E-state index contributed by atoms with van der Waals surface area (Å²) >= 11 is 0. The highest BCUT2D eigenvalue weighted by Crippen LogP contribution is 2.26. The van der Waals surface area contributed by atoms with Crippen LogP contribution in [0.4, 0.5) is 10.2 Å². The molecular weight excluding hydrogens is 397 g/mol. The van der Waals surface area contributed by atoms with E-state index in [4.69, 9.17) is 4.11 Å². The fourth-order valence-electron chi connectivity index (χ4n) is 3.33. The molecule has 0 aliphatic heterocycles. The largest absolute Gasteiger partial charge is 0.358 e. The first-order valence-corrected chi connectivity index (χ1v) is 9.33. The molecule has 5 aromatic rings. The number of benzene rings is 2. The summed E-state index contributed by atoms with van der Waals surface area (Å²) in [6.07, 6.45) is -1.39. The number of aromatic nitrogens is 6. The average molecular weight is 419 g/mol. The smallest absolute Gasteiger partial charge is 0.269 e. The maximum atomic E-state index is 14.7. The van der Waals surface area contributed by atoms with Crippen LogP contribution >= 0.6 is 0 Å². The van der Waals surface area contributed by atoms with Crippen molar-refractivity contribution in [1.29, 1.82) is 0 Å². The Morgan fingerprint density at radius 1 is 1.23 bits per heavy atom. The van der Waals surface area contributed by atoms with E-state index in [2.05, 4.69) is 30.2 Å².